The fourth-order valence-corrected chi connectivity index (χ4v) is 2.64. The Hall–Kier alpha value is -1.23. The largest absolute Gasteiger partial charge is 0.473 e. The van der Waals surface area contributed by atoms with E-state index in [4.69, 9.17) is 15.2 Å². The monoisotopic (exact) mass is 267 g/mol. The number of aryl methyl sites for hydroxylation is 2. The van der Waals surface area contributed by atoms with Crippen LogP contribution in [0.3, 0.4) is 0 Å². The first-order valence-electron chi connectivity index (χ1n) is 7.18. The minimum atomic E-state index is 0.188. The van der Waals surface area contributed by atoms with E-state index in [1.54, 1.807) is 7.11 Å². The van der Waals surface area contributed by atoms with Gasteiger partial charge in [-0.15, -0.1) is 0 Å². The van der Waals surface area contributed by atoms with Crippen LogP contribution < -0.4 is 10.5 Å². The van der Waals surface area contributed by atoms with E-state index in [0.717, 1.165) is 50.2 Å². The van der Waals surface area contributed by atoms with Gasteiger partial charge in [0.05, 0.1) is 11.8 Å². The number of nitrogens with zero attached hydrogens (tertiary/aromatic N) is 2. The van der Waals surface area contributed by atoms with Gasteiger partial charge in [-0.25, -0.2) is 4.68 Å². The van der Waals surface area contributed by atoms with Gasteiger partial charge in [0.15, 0.2) is 0 Å². The number of anilines is 1. The van der Waals surface area contributed by atoms with E-state index in [0.29, 0.717) is 11.8 Å². The minimum absolute atomic E-state index is 0.188. The summed E-state index contributed by atoms with van der Waals surface area (Å²) in [4.78, 5) is 0. The number of nitrogens with two attached hydrogens (primary N) is 1. The maximum Gasteiger partial charge on any atom is 0.236 e. The molecule has 2 unspecified atom stereocenters. The highest BCUT2D eigenvalue weighted by atomic mass is 16.5. The third-order valence-corrected chi connectivity index (χ3v) is 3.75. The van der Waals surface area contributed by atoms with Crippen molar-refractivity contribution in [2.24, 2.45) is 0 Å². The summed E-state index contributed by atoms with van der Waals surface area (Å²) >= 11 is 0. The summed E-state index contributed by atoms with van der Waals surface area (Å²) in [5, 5.41) is 4.44. The molecule has 1 aliphatic rings. The van der Waals surface area contributed by atoms with Crippen molar-refractivity contribution in [3.05, 3.63) is 5.69 Å². The van der Waals surface area contributed by atoms with Crippen LogP contribution in [-0.2, 0) is 11.3 Å². The lowest BCUT2D eigenvalue weighted by molar-refractivity contribution is 0.0180. The summed E-state index contributed by atoms with van der Waals surface area (Å²) in [5.74, 6) is 0.737. The van der Waals surface area contributed by atoms with Crippen LogP contribution in [0, 0.1) is 6.92 Å². The number of methoxy groups -OCH3 is 1. The topological polar surface area (TPSA) is 62.3 Å². The highest BCUT2D eigenvalue weighted by Gasteiger charge is 2.25. The van der Waals surface area contributed by atoms with E-state index in [2.05, 4.69) is 12.0 Å². The number of rotatable bonds is 5. The Morgan fingerprint density at radius 2 is 2.11 bits per heavy atom. The lowest BCUT2D eigenvalue weighted by atomic mass is 9.95. The summed E-state index contributed by atoms with van der Waals surface area (Å²) in [5.41, 5.74) is 7.60. The van der Waals surface area contributed by atoms with Gasteiger partial charge >= 0.3 is 0 Å². The number of hydrogen-bond donors (Lipinski definition) is 1. The molecule has 5 nitrogen and oxygen atoms in total. The predicted molar refractivity (Wildman–Crippen MR) is 75.3 cm³/mol. The van der Waals surface area contributed by atoms with Gasteiger partial charge in [-0.05, 0) is 32.6 Å². The minimum Gasteiger partial charge on any atom is -0.473 e. The van der Waals surface area contributed by atoms with Crippen LogP contribution in [0.1, 0.15) is 44.7 Å². The van der Waals surface area contributed by atoms with E-state index < -0.39 is 0 Å². The lowest BCUT2D eigenvalue weighted by Gasteiger charge is -2.28. The summed E-state index contributed by atoms with van der Waals surface area (Å²) in [6.07, 6.45) is 5.78. The van der Waals surface area contributed by atoms with Gasteiger partial charge in [-0.3, -0.25) is 0 Å². The predicted octanol–water partition coefficient (Wildman–Crippen LogP) is 2.52. The van der Waals surface area contributed by atoms with Crippen LogP contribution in [0.2, 0.25) is 0 Å². The third-order valence-electron chi connectivity index (χ3n) is 3.75. The molecule has 0 aromatic carbocycles. The van der Waals surface area contributed by atoms with Crippen molar-refractivity contribution in [1.29, 1.82) is 0 Å². The first kappa shape index (κ1) is 14.2. The second-order valence-corrected chi connectivity index (χ2v) is 5.29. The molecular formula is C14H25N3O2. The van der Waals surface area contributed by atoms with E-state index in [1.165, 1.54) is 0 Å². The van der Waals surface area contributed by atoms with Crippen molar-refractivity contribution >= 4 is 5.69 Å². The van der Waals surface area contributed by atoms with Crippen LogP contribution in [0.15, 0.2) is 0 Å². The Kier molecular flexibility index (Phi) is 4.69. The molecule has 0 amide bonds. The van der Waals surface area contributed by atoms with E-state index in [1.807, 2.05) is 11.6 Å². The van der Waals surface area contributed by atoms with Gasteiger partial charge in [0.2, 0.25) is 5.88 Å². The van der Waals surface area contributed by atoms with E-state index in [9.17, 15) is 0 Å². The zero-order valence-corrected chi connectivity index (χ0v) is 12.2. The Morgan fingerprint density at radius 1 is 1.37 bits per heavy atom. The highest BCUT2D eigenvalue weighted by molar-refractivity contribution is 5.52. The molecular weight excluding hydrogens is 242 g/mol. The van der Waals surface area contributed by atoms with Crippen LogP contribution in [-0.4, -0.2) is 29.1 Å². The number of nitrogen functional groups attached to an aromatic ring is 1. The molecule has 0 bridgehead atoms. The standard InChI is InChI=1S/C14H25N3O2/c1-4-8-17-14(13(15)10(2)16-17)19-12-7-5-6-11(9-12)18-3/h11-12H,4-9,15H2,1-3H3. The Morgan fingerprint density at radius 3 is 2.79 bits per heavy atom. The van der Waals surface area contributed by atoms with Crippen molar-refractivity contribution in [3.8, 4) is 5.88 Å². The average Bonchev–Trinajstić information content (AvgIpc) is 2.67. The average molecular weight is 267 g/mol. The molecule has 1 aromatic rings. The quantitative estimate of drug-likeness (QED) is 0.890. The fourth-order valence-electron chi connectivity index (χ4n) is 2.64. The lowest BCUT2D eigenvalue weighted by Crippen LogP contribution is -2.30. The molecule has 1 heterocycles. The molecule has 1 fully saturated rings. The second kappa shape index (κ2) is 6.28. The van der Waals surface area contributed by atoms with Crippen LogP contribution >= 0.6 is 0 Å². The zero-order valence-electron chi connectivity index (χ0n) is 12.2. The van der Waals surface area contributed by atoms with Gasteiger partial charge in [-0.2, -0.15) is 5.10 Å². The molecule has 2 atom stereocenters. The van der Waals surface area contributed by atoms with Crippen molar-refractivity contribution in [3.63, 3.8) is 0 Å². The molecule has 0 aliphatic heterocycles. The molecule has 0 saturated heterocycles. The molecule has 2 rings (SSSR count). The second-order valence-electron chi connectivity index (χ2n) is 5.29. The summed E-state index contributed by atoms with van der Waals surface area (Å²) in [6.45, 7) is 4.89. The van der Waals surface area contributed by atoms with Crippen LogP contribution in [0.4, 0.5) is 5.69 Å². The van der Waals surface area contributed by atoms with Crippen LogP contribution in [0.25, 0.3) is 0 Å². The number of aromatic nitrogens is 2. The normalized spacial score (nSPS) is 23.5. The number of hydrogen-bond acceptors (Lipinski definition) is 4. The van der Waals surface area contributed by atoms with Gasteiger partial charge in [0.1, 0.15) is 11.8 Å². The van der Waals surface area contributed by atoms with Crippen molar-refractivity contribution in [2.45, 2.75) is 64.7 Å². The van der Waals surface area contributed by atoms with E-state index >= 15 is 0 Å². The van der Waals surface area contributed by atoms with Gasteiger partial charge in [0.25, 0.3) is 0 Å². The zero-order chi connectivity index (χ0) is 13.8. The molecule has 5 heteroatoms. The summed E-state index contributed by atoms with van der Waals surface area (Å²) in [7, 11) is 1.77. The molecule has 2 N–H and O–H groups in total. The van der Waals surface area contributed by atoms with Crippen molar-refractivity contribution < 1.29 is 9.47 Å². The van der Waals surface area contributed by atoms with Gasteiger partial charge in [0, 0.05) is 20.1 Å². The smallest absolute Gasteiger partial charge is 0.236 e. The molecule has 0 radical (unpaired) electrons. The molecule has 1 aromatic heterocycles. The highest BCUT2D eigenvalue weighted by Crippen LogP contribution is 2.30. The molecule has 0 spiro atoms. The summed E-state index contributed by atoms with van der Waals surface area (Å²) < 4.78 is 13.4. The Bertz CT molecular complexity index is 417. The van der Waals surface area contributed by atoms with Gasteiger partial charge in [-0.1, -0.05) is 6.92 Å². The Balaban J connectivity index is 2.09. The van der Waals surface area contributed by atoms with E-state index in [-0.39, 0.29) is 6.10 Å². The fraction of sp³-hybridized carbons (Fsp3) is 0.786. The Labute approximate surface area is 115 Å². The first-order valence-corrected chi connectivity index (χ1v) is 7.18. The molecule has 1 aliphatic carbocycles. The SMILES string of the molecule is CCCn1nc(C)c(N)c1OC1CCCC(OC)C1. The first-order chi connectivity index (χ1) is 9.15. The summed E-state index contributed by atoms with van der Waals surface area (Å²) in [6, 6.07) is 0. The molecule has 1 saturated carbocycles. The number of ether oxygens (including phenoxy) is 2. The third kappa shape index (κ3) is 3.21. The maximum absolute atomic E-state index is 6.12. The van der Waals surface area contributed by atoms with Gasteiger partial charge < -0.3 is 15.2 Å². The van der Waals surface area contributed by atoms with Crippen molar-refractivity contribution in [2.75, 3.05) is 12.8 Å². The van der Waals surface area contributed by atoms with Crippen molar-refractivity contribution in [1.82, 2.24) is 9.78 Å². The molecule has 19 heavy (non-hydrogen) atoms. The molecule has 108 valence electrons. The maximum atomic E-state index is 6.12. The van der Waals surface area contributed by atoms with Crippen LogP contribution in [0.5, 0.6) is 5.88 Å².